The normalized spacial score (nSPS) is 15.1. The number of aliphatic carboxylic acids is 1. The zero-order valence-corrected chi connectivity index (χ0v) is 11.9. The molecule has 0 heterocycles. The van der Waals surface area contributed by atoms with Gasteiger partial charge >= 0.3 is 5.97 Å². The summed E-state index contributed by atoms with van der Waals surface area (Å²) in [6.07, 6.45) is 2.25. The standard InChI is InChI=1S/C14H16O2.C2H6O/c1-10(2)12-5-3-4-11(8-12)9-14(6-7-14)13(15)16;1-3-2/h3-5,8H,1,6-7,9H2,2H3,(H,15,16);1-2H3. The minimum atomic E-state index is -0.659. The molecule has 0 spiro atoms. The van der Waals surface area contributed by atoms with Gasteiger partial charge in [-0.2, -0.15) is 0 Å². The van der Waals surface area contributed by atoms with E-state index in [1.807, 2.05) is 31.2 Å². The van der Waals surface area contributed by atoms with E-state index in [0.717, 1.165) is 29.5 Å². The van der Waals surface area contributed by atoms with Crippen LogP contribution in [-0.4, -0.2) is 25.3 Å². The first-order valence-corrected chi connectivity index (χ1v) is 6.33. The molecule has 1 aromatic carbocycles. The van der Waals surface area contributed by atoms with E-state index < -0.39 is 11.4 Å². The maximum atomic E-state index is 11.1. The minimum absolute atomic E-state index is 0.478. The Kier molecular flexibility index (Phi) is 5.31. The summed E-state index contributed by atoms with van der Waals surface area (Å²) in [4.78, 5) is 11.1. The highest BCUT2D eigenvalue weighted by atomic mass is 16.4. The van der Waals surface area contributed by atoms with E-state index in [0.29, 0.717) is 6.42 Å². The monoisotopic (exact) mass is 262 g/mol. The minimum Gasteiger partial charge on any atom is -0.481 e. The fraction of sp³-hybridized carbons (Fsp3) is 0.438. The molecule has 104 valence electrons. The van der Waals surface area contributed by atoms with Gasteiger partial charge < -0.3 is 9.84 Å². The molecule has 3 nitrogen and oxygen atoms in total. The van der Waals surface area contributed by atoms with Crippen molar-refractivity contribution in [2.24, 2.45) is 5.41 Å². The third kappa shape index (κ3) is 4.21. The molecule has 0 unspecified atom stereocenters. The lowest BCUT2D eigenvalue weighted by Gasteiger charge is -2.10. The van der Waals surface area contributed by atoms with Gasteiger partial charge in [0.1, 0.15) is 0 Å². The molecule has 0 bridgehead atoms. The largest absolute Gasteiger partial charge is 0.481 e. The number of carboxylic acid groups (broad SMARTS) is 1. The molecular weight excluding hydrogens is 240 g/mol. The second-order valence-corrected chi connectivity index (χ2v) is 5.15. The van der Waals surface area contributed by atoms with Crippen LogP contribution in [0.15, 0.2) is 30.8 Å². The molecule has 0 saturated heterocycles. The van der Waals surface area contributed by atoms with Crippen molar-refractivity contribution < 1.29 is 14.6 Å². The Labute approximate surface area is 114 Å². The van der Waals surface area contributed by atoms with Crippen molar-refractivity contribution in [1.82, 2.24) is 0 Å². The second kappa shape index (κ2) is 6.53. The van der Waals surface area contributed by atoms with Gasteiger partial charge in [0.15, 0.2) is 0 Å². The molecule has 1 aliphatic carbocycles. The van der Waals surface area contributed by atoms with Gasteiger partial charge in [0.2, 0.25) is 0 Å². The highest BCUT2D eigenvalue weighted by Crippen LogP contribution is 2.48. The van der Waals surface area contributed by atoms with Gasteiger partial charge in [-0.1, -0.05) is 36.4 Å². The smallest absolute Gasteiger partial charge is 0.309 e. The Morgan fingerprint density at radius 3 is 2.42 bits per heavy atom. The van der Waals surface area contributed by atoms with Crippen LogP contribution in [0.5, 0.6) is 0 Å². The predicted octanol–water partition coefficient (Wildman–Crippen LogP) is 3.39. The molecule has 19 heavy (non-hydrogen) atoms. The Balaban J connectivity index is 0.000000550. The van der Waals surface area contributed by atoms with E-state index >= 15 is 0 Å². The molecule has 0 atom stereocenters. The number of allylic oxidation sites excluding steroid dienone is 1. The van der Waals surface area contributed by atoms with E-state index in [1.165, 1.54) is 0 Å². The van der Waals surface area contributed by atoms with Gasteiger partial charge in [0.25, 0.3) is 0 Å². The van der Waals surface area contributed by atoms with Gasteiger partial charge in [-0.15, -0.1) is 0 Å². The zero-order valence-electron chi connectivity index (χ0n) is 11.9. The molecule has 1 fully saturated rings. The van der Waals surface area contributed by atoms with Crippen LogP contribution in [0.3, 0.4) is 0 Å². The average Bonchev–Trinajstić information content (AvgIpc) is 3.11. The number of rotatable bonds is 4. The number of methoxy groups -OCH3 is 1. The molecule has 1 N–H and O–H groups in total. The van der Waals surface area contributed by atoms with Crippen molar-refractivity contribution >= 4 is 11.5 Å². The van der Waals surface area contributed by atoms with Gasteiger partial charge in [-0.3, -0.25) is 4.79 Å². The number of carbonyl (C=O) groups is 1. The first-order valence-electron chi connectivity index (χ1n) is 6.33. The van der Waals surface area contributed by atoms with Crippen molar-refractivity contribution in [3.8, 4) is 0 Å². The zero-order chi connectivity index (χ0) is 14.5. The lowest BCUT2D eigenvalue weighted by Crippen LogP contribution is -2.17. The molecular formula is C16H22O3. The molecule has 0 radical (unpaired) electrons. The lowest BCUT2D eigenvalue weighted by atomic mass is 9.94. The Hall–Kier alpha value is -1.61. The summed E-state index contributed by atoms with van der Waals surface area (Å²) in [5.74, 6) is -0.659. The quantitative estimate of drug-likeness (QED) is 0.904. The average molecular weight is 262 g/mol. The third-order valence-electron chi connectivity index (χ3n) is 3.27. The van der Waals surface area contributed by atoms with Crippen LogP contribution in [0.4, 0.5) is 0 Å². The number of hydrogen-bond donors (Lipinski definition) is 1. The summed E-state index contributed by atoms with van der Waals surface area (Å²) in [5.41, 5.74) is 2.73. The molecule has 2 rings (SSSR count). The van der Waals surface area contributed by atoms with E-state index in [2.05, 4.69) is 11.3 Å². The van der Waals surface area contributed by atoms with Crippen LogP contribution < -0.4 is 0 Å². The summed E-state index contributed by atoms with van der Waals surface area (Å²) in [5, 5.41) is 9.13. The Morgan fingerprint density at radius 1 is 1.42 bits per heavy atom. The SMILES string of the molecule is C=C(C)c1cccc(CC2(C(=O)O)CC2)c1.COC. The van der Waals surface area contributed by atoms with Gasteiger partial charge in [-0.05, 0) is 37.3 Å². The summed E-state index contributed by atoms with van der Waals surface area (Å²) < 4.78 is 4.25. The van der Waals surface area contributed by atoms with Crippen LogP contribution in [0.2, 0.25) is 0 Å². The molecule has 0 amide bonds. The molecule has 0 aromatic heterocycles. The highest BCUT2D eigenvalue weighted by molar-refractivity contribution is 5.78. The lowest BCUT2D eigenvalue weighted by molar-refractivity contribution is -0.143. The first-order chi connectivity index (χ1) is 8.95. The van der Waals surface area contributed by atoms with E-state index in [9.17, 15) is 4.79 Å². The van der Waals surface area contributed by atoms with Gasteiger partial charge in [0.05, 0.1) is 5.41 Å². The van der Waals surface area contributed by atoms with E-state index in [-0.39, 0.29) is 0 Å². The molecule has 1 saturated carbocycles. The third-order valence-corrected chi connectivity index (χ3v) is 3.27. The molecule has 3 heteroatoms. The fourth-order valence-corrected chi connectivity index (χ4v) is 1.95. The molecule has 1 aromatic rings. The first kappa shape index (κ1) is 15.4. The van der Waals surface area contributed by atoms with Crippen molar-refractivity contribution in [2.75, 3.05) is 14.2 Å². The number of benzene rings is 1. The van der Waals surface area contributed by atoms with Crippen molar-refractivity contribution in [3.63, 3.8) is 0 Å². The summed E-state index contributed by atoms with van der Waals surface area (Å²) >= 11 is 0. The maximum absolute atomic E-state index is 11.1. The Morgan fingerprint density at radius 2 is 2.00 bits per heavy atom. The molecule has 1 aliphatic rings. The van der Waals surface area contributed by atoms with Crippen LogP contribution in [0, 0.1) is 5.41 Å². The van der Waals surface area contributed by atoms with E-state index in [1.54, 1.807) is 14.2 Å². The highest BCUT2D eigenvalue weighted by Gasteiger charge is 2.49. The van der Waals surface area contributed by atoms with Gasteiger partial charge in [0, 0.05) is 14.2 Å². The summed E-state index contributed by atoms with van der Waals surface area (Å²) in [7, 11) is 3.25. The van der Waals surface area contributed by atoms with Crippen LogP contribution in [0.1, 0.15) is 30.9 Å². The molecule has 0 aliphatic heterocycles. The summed E-state index contributed by atoms with van der Waals surface area (Å²) in [6, 6.07) is 8.02. The van der Waals surface area contributed by atoms with Crippen LogP contribution in [0.25, 0.3) is 5.57 Å². The maximum Gasteiger partial charge on any atom is 0.309 e. The van der Waals surface area contributed by atoms with Crippen LogP contribution >= 0.6 is 0 Å². The summed E-state index contributed by atoms with van der Waals surface area (Å²) in [6.45, 7) is 5.86. The van der Waals surface area contributed by atoms with Crippen molar-refractivity contribution in [3.05, 3.63) is 42.0 Å². The van der Waals surface area contributed by atoms with Crippen LogP contribution in [-0.2, 0) is 16.0 Å². The predicted molar refractivity (Wildman–Crippen MR) is 77.1 cm³/mol. The van der Waals surface area contributed by atoms with Gasteiger partial charge in [-0.25, -0.2) is 0 Å². The topological polar surface area (TPSA) is 46.5 Å². The number of ether oxygens (including phenoxy) is 1. The van der Waals surface area contributed by atoms with E-state index in [4.69, 9.17) is 5.11 Å². The second-order valence-electron chi connectivity index (χ2n) is 5.15. The van der Waals surface area contributed by atoms with Crippen molar-refractivity contribution in [1.29, 1.82) is 0 Å². The number of carboxylic acids is 1. The number of hydrogen-bond acceptors (Lipinski definition) is 2. The van der Waals surface area contributed by atoms with Crippen molar-refractivity contribution in [2.45, 2.75) is 26.2 Å². The Bertz CT molecular complexity index is 459. The fourth-order valence-electron chi connectivity index (χ4n) is 1.95.